The second-order valence-electron chi connectivity index (χ2n) is 4.89. The number of nitrogens with one attached hydrogen (secondary N) is 1. The van der Waals surface area contributed by atoms with E-state index in [9.17, 15) is 26.3 Å². The summed E-state index contributed by atoms with van der Waals surface area (Å²) in [7, 11) is 0. The first-order valence-corrected chi connectivity index (χ1v) is 6.90. The molecule has 0 saturated heterocycles. The van der Waals surface area contributed by atoms with Gasteiger partial charge in [-0.15, -0.1) is 0 Å². The number of anilines is 1. The van der Waals surface area contributed by atoms with Crippen LogP contribution < -0.4 is 10.2 Å². The third-order valence-corrected chi connectivity index (χ3v) is 2.88. The lowest BCUT2D eigenvalue weighted by Crippen LogP contribution is -2.21. The zero-order chi connectivity index (χ0) is 18.5. The minimum absolute atomic E-state index is 0.147. The molecule has 0 saturated carbocycles. The van der Waals surface area contributed by atoms with Gasteiger partial charge in [0.1, 0.15) is 5.75 Å². The molecule has 0 fully saturated rings. The molecule has 0 aliphatic carbocycles. The molecule has 3 nitrogen and oxygen atoms in total. The molecule has 0 bridgehead atoms. The SMILES string of the molecule is FC(F)(F)COc1cc(C=NNc2ccccc2)ccc1C(F)(F)F. The summed E-state index contributed by atoms with van der Waals surface area (Å²) in [5, 5.41) is 3.82. The van der Waals surface area contributed by atoms with E-state index in [2.05, 4.69) is 15.3 Å². The molecule has 0 aromatic heterocycles. The molecule has 0 heterocycles. The van der Waals surface area contributed by atoms with Gasteiger partial charge in [-0.25, -0.2) is 0 Å². The van der Waals surface area contributed by atoms with E-state index in [0.29, 0.717) is 11.8 Å². The van der Waals surface area contributed by atoms with Crippen LogP contribution in [0.15, 0.2) is 53.6 Å². The van der Waals surface area contributed by atoms with Crippen LogP contribution in [0.1, 0.15) is 11.1 Å². The number of hydrogen-bond acceptors (Lipinski definition) is 3. The predicted molar refractivity (Wildman–Crippen MR) is 80.7 cm³/mol. The van der Waals surface area contributed by atoms with E-state index >= 15 is 0 Å². The molecular formula is C16H12F6N2O. The van der Waals surface area contributed by atoms with Gasteiger partial charge in [0, 0.05) is 0 Å². The van der Waals surface area contributed by atoms with Crippen LogP contribution in [0.5, 0.6) is 5.75 Å². The molecule has 0 spiro atoms. The summed E-state index contributed by atoms with van der Waals surface area (Å²) >= 11 is 0. The van der Waals surface area contributed by atoms with Crippen LogP contribution >= 0.6 is 0 Å². The molecule has 1 N–H and O–H groups in total. The average Bonchev–Trinajstić information content (AvgIpc) is 2.52. The first-order valence-electron chi connectivity index (χ1n) is 6.90. The van der Waals surface area contributed by atoms with E-state index in [-0.39, 0.29) is 5.56 Å². The van der Waals surface area contributed by atoms with Gasteiger partial charge in [0.05, 0.1) is 17.5 Å². The lowest BCUT2D eigenvalue weighted by atomic mass is 10.1. The molecule has 2 aromatic carbocycles. The maximum Gasteiger partial charge on any atom is 0.422 e. The summed E-state index contributed by atoms with van der Waals surface area (Å²) in [6.07, 6.45) is -8.41. The van der Waals surface area contributed by atoms with Gasteiger partial charge in [-0.3, -0.25) is 5.43 Å². The second kappa shape index (κ2) is 7.45. The van der Waals surface area contributed by atoms with E-state index in [1.807, 2.05) is 0 Å². The zero-order valence-electron chi connectivity index (χ0n) is 12.5. The first kappa shape index (κ1) is 18.6. The van der Waals surface area contributed by atoms with Gasteiger partial charge in [-0.05, 0) is 29.8 Å². The maximum atomic E-state index is 12.9. The quantitative estimate of drug-likeness (QED) is 0.457. The van der Waals surface area contributed by atoms with Crippen LogP contribution in [0.3, 0.4) is 0 Å². The van der Waals surface area contributed by atoms with Gasteiger partial charge in [-0.1, -0.05) is 24.3 Å². The van der Waals surface area contributed by atoms with Crippen LogP contribution in [-0.4, -0.2) is 19.0 Å². The van der Waals surface area contributed by atoms with Gasteiger partial charge in [0.25, 0.3) is 0 Å². The first-order chi connectivity index (χ1) is 11.6. The summed E-state index contributed by atoms with van der Waals surface area (Å²) < 4.78 is 79.6. The van der Waals surface area contributed by atoms with Gasteiger partial charge in [-0.2, -0.15) is 31.4 Å². The van der Waals surface area contributed by atoms with E-state index in [4.69, 9.17) is 0 Å². The summed E-state index contributed by atoms with van der Waals surface area (Å²) in [6.45, 7) is -1.82. The Morgan fingerprint density at radius 1 is 0.960 bits per heavy atom. The predicted octanol–water partition coefficient (Wildman–Crippen LogP) is 5.09. The summed E-state index contributed by atoms with van der Waals surface area (Å²) in [5.74, 6) is -0.909. The number of para-hydroxylation sites is 1. The Bertz CT molecular complexity index is 726. The van der Waals surface area contributed by atoms with Crippen molar-refractivity contribution in [2.24, 2.45) is 5.10 Å². The van der Waals surface area contributed by atoms with Crippen molar-refractivity contribution in [1.29, 1.82) is 0 Å². The fourth-order valence-electron chi connectivity index (χ4n) is 1.83. The molecule has 0 aliphatic rings. The van der Waals surface area contributed by atoms with E-state index in [1.54, 1.807) is 30.3 Å². The molecule has 25 heavy (non-hydrogen) atoms. The highest BCUT2D eigenvalue weighted by atomic mass is 19.4. The topological polar surface area (TPSA) is 33.6 Å². The second-order valence-corrected chi connectivity index (χ2v) is 4.89. The molecule has 9 heteroatoms. The van der Waals surface area contributed by atoms with Crippen molar-refractivity contribution in [1.82, 2.24) is 0 Å². The third kappa shape index (κ3) is 6.02. The van der Waals surface area contributed by atoms with Crippen molar-refractivity contribution in [3.05, 3.63) is 59.7 Å². The Hall–Kier alpha value is -2.71. The summed E-state index contributed by atoms with van der Waals surface area (Å²) in [6, 6.07) is 11.3. The van der Waals surface area contributed by atoms with E-state index < -0.39 is 30.3 Å². The normalized spacial score (nSPS) is 12.4. The monoisotopic (exact) mass is 362 g/mol. The Balaban J connectivity index is 2.19. The van der Waals surface area contributed by atoms with Crippen LogP contribution in [0.4, 0.5) is 32.0 Å². The van der Waals surface area contributed by atoms with Crippen LogP contribution in [0.25, 0.3) is 0 Å². The molecule has 0 radical (unpaired) electrons. The van der Waals surface area contributed by atoms with Gasteiger partial charge >= 0.3 is 12.4 Å². The molecule has 134 valence electrons. The molecule has 0 atom stereocenters. The van der Waals surface area contributed by atoms with Gasteiger partial charge in [0.2, 0.25) is 0 Å². The third-order valence-electron chi connectivity index (χ3n) is 2.88. The molecule has 2 aromatic rings. The zero-order valence-corrected chi connectivity index (χ0v) is 12.5. The summed E-state index contributed by atoms with van der Waals surface area (Å²) in [4.78, 5) is 0. The van der Waals surface area contributed by atoms with Gasteiger partial charge in [0.15, 0.2) is 6.61 Å². The van der Waals surface area contributed by atoms with Crippen molar-refractivity contribution >= 4 is 11.9 Å². The molecule has 2 rings (SSSR count). The number of rotatable bonds is 5. The number of halogens is 6. The van der Waals surface area contributed by atoms with Crippen molar-refractivity contribution in [3.63, 3.8) is 0 Å². The van der Waals surface area contributed by atoms with Gasteiger partial charge < -0.3 is 4.74 Å². The fraction of sp³-hybridized carbons (Fsp3) is 0.188. The van der Waals surface area contributed by atoms with Crippen molar-refractivity contribution in [3.8, 4) is 5.75 Å². The van der Waals surface area contributed by atoms with Crippen LogP contribution in [0, 0.1) is 0 Å². The number of hydrazone groups is 1. The minimum Gasteiger partial charge on any atom is -0.483 e. The number of alkyl halides is 6. The molecule has 0 unspecified atom stereocenters. The lowest BCUT2D eigenvalue weighted by molar-refractivity contribution is -0.158. The van der Waals surface area contributed by atoms with Crippen molar-refractivity contribution in [2.75, 3.05) is 12.0 Å². The number of ether oxygens (including phenoxy) is 1. The van der Waals surface area contributed by atoms with Crippen molar-refractivity contribution < 1.29 is 31.1 Å². The molecule has 0 aliphatic heterocycles. The van der Waals surface area contributed by atoms with Crippen molar-refractivity contribution in [2.45, 2.75) is 12.4 Å². The smallest absolute Gasteiger partial charge is 0.422 e. The van der Waals surface area contributed by atoms with E-state index in [0.717, 1.165) is 12.1 Å². The van der Waals surface area contributed by atoms with Crippen LogP contribution in [0.2, 0.25) is 0 Å². The molecule has 0 amide bonds. The number of hydrogen-bond donors (Lipinski definition) is 1. The highest BCUT2D eigenvalue weighted by molar-refractivity contribution is 5.81. The maximum absolute atomic E-state index is 12.9. The minimum atomic E-state index is -4.83. The Labute approximate surface area is 138 Å². The number of nitrogens with zero attached hydrogens (tertiary/aromatic N) is 1. The van der Waals surface area contributed by atoms with E-state index in [1.165, 1.54) is 6.21 Å². The highest BCUT2D eigenvalue weighted by Crippen LogP contribution is 2.37. The Morgan fingerprint density at radius 2 is 1.64 bits per heavy atom. The average molecular weight is 362 g/mol. The number of benzene rings is 2. The standard InChI is InChI=1S/C16H12F6N2O/c17-15(18,19)10-25-14-8-11(6-7-13(14)16(20,21)22)9-23-24-12-4-2-1-3-5-12/h1-9,24H,10H2. The Kier molecular flexibility index (Phi) is 5.55. The lowest BCUT2D eigenvalue weighted by Gasteiger charge is -2.15. The largest absolute Gasteiger partial charge is 0.483 e. The summed E-state index contributed by atoms with van der Waals surface area (Å²) in [5.41, 5.74) is 2.14. The Morgan fingerprint density at radius 3 is 2.24 bits per heavy atom. The fourth-order valence-corrected chi connectivity index (χ4v) is 1.83. The van der Waals surface area contributed by atoms with Crippen LogP contribution in [-0.2, 0) is 6.18 Å². The molecular weight excluding hydrogens is 350 g/mol. The highest BCUT2D eigenvalue weighted by Gasteiger charge is 2.36.